The lowest BCUT2D eigenvalue weighted by Gasteiger charge is -2.33. The van der Waals surface area contributed by atoms with E-state index in [-0.39, 0.29) is 35.5 Å². The van der Waals surface area contributed by atoms with Gasteiger partial charge in [-0.15, -0.1) is 35.3 Å². The molecular weight excluding hydrogens is 471 g/mol. The molecule has 1 aromatic heterocycles. The Hall–Kier alpha value is -0.550. The fraction of sp³-hybridized carbons (Fsp3) is 0.688. The van der Waals surface area contributed by atoms with Crippen molar-refractivity contribution in [3.63, 3.8) is 0 Å². The van der Waals surface area contributed by atoms with Crippen LogP contribution in [0.2, 0.25) is 0 Å². The van der Waals surface area contributed by atoms with Crippen molar-refractivity contribution in [1.82, 2.24) is 10.6 Å². The molecule has 9 heteroatoms. The quantitative estimate of drug-likeness (QED) is 0.342. The zero-order chi connectivity index (χ0) is 17.4. The zero-order valence-corrected chi connectivity index (χ0v) is 18.9. The number of anilines is 1. The van der Waals surface area contributed by atoms with Gasteiger partial charge < -0.3 is 15.5 Å². The first-order valence-electron chi connectivity index (χ1n) is 8.57. The minimum atomic E-state index is -2.96. The van der Waals surface area contributed by atoms with Crippen molar-refractivity contribution in [2.75, 3.05) is 42.6 Å². The van der Waals surface area contributed by atoms with Crippen LogP contribution in [0.1, 0.15) is 26.7 Å². The van der Waals surface area contributed by atoms with Crippen LogP contribution in [0, 0.1) is 0 Å². The van der Waals surface area contributed by atoms with Crippen LogP contribution in [0.5, 0.6) is 0 Å². The molecule has 25 heavy (non-hydrogen) atoms. The molecule has 0 radical (unpaired) electrons. The number of piperidine rings is 1. The third kappa shape index (κ3) is 7.69. The molecule has 6 nitrogen and oxygen atoms in total. The van der Waals surface area contributed by atoms with Crippen LogP contribution >= 0.6 is 35.3 Å². The molecule has 0 atom stereocenters. The van der Waals surface area contributed by atoms with E-state index in [4.69, 9.17) is 0 Å². The number of hydrogen-bond donors (Lipinski definition) is 2. The van der Waals surface area contributed by atoms with Crippen molar-refractivity contribution in [3.8, 4) is 0 Å². The number of sulfone groups is 1. The second-order valence-electron chi connectivity index (χ2n) is 5.85. The predicted octanol–water partition coefficient (Wildman–Crippen LogP) is 2.32. The number of hydrogen-bond acceptors (Lipinski definition) is 5. The second-order valence-corrected chi connectivity index (χ2v) is 9.25. The summed E-state index contributed by atoms with van der Waals surface area (Å²) in [5.41, 5.74) is 0. The SMILES string of the molecule is CCNC(=NCCS(=O)(=O)CC)NC1CCN(c2cccs2)CC1.I. The topological polar surface area (TPSA) is 73.8 Å². The lowest BCUT2D eigenvalue weighted by molar-refractivity contribution is 0.463. The van der Waals surface area contributed by atoms with Gasteiger partial charge in [0, 0.05) is 31.4 Å². The summed E-state index contributed by atoms with van der Waals surface area (Å²) in [7, 11) is -2.96. The molecule has 0 bridgehead atoms. The van der Waals surface area contributed by atoms with E-state index in [0.29, 0.717) is 12.6 Å². The fourth-order valence-corrected chi connectivity index (χ4v) is 4.09. The van der Waals surface area contributed by atoms with Crippen LogP contribution in [-0.4, -0.2) is 58.1 Å². The molecule has 144 valence electrons. The van der Waals surface area contributed by atoms with Crippen molar-refractivity contribution in [3.05, 3.63) is 17.5 Å². The highest BCUT2D eigenvalue weighted by atomic mass is 127. The Morgan fingerprint density at radius 3 is 2.64 bits per heavy atom. The van der Waals surface area contributed by atoms with E-state index in [1.165, 1.54) is 5.00 Å². The first kappa shape index (κ1) is 22.5. The maximum Gasteiger partial charge on any atom is 0.191 e. The Labute approximate surface area is 172 Å². The molecule has 2 rings (SSSR count). The molecule has 1 aliphatic heterocycles. The standard InChI is InChI=1S/C16H28N4O2S2.HI/c1-3-17-16(18-9-13-24(21,22)4-2)19-14-7-10-20(11-8-14)15-6-5-12-23-15;/h5-6,12,14H,3-4,7-11,13H2,1-2H3,(H2,17,18,19);1H. The summed E-state index contributed by atoms with van der Waals surface area (Å²) in [5.74, 6) is 1.00. The number of aliphatic imine (C=N–C) groups is 1. The summed E-state index contributed by atoms with van der Waals surface area (Å²) in [6.07, 6.45) is 2.10. The van der Waals surface area contributed by atoms with E-state index in [9.17, 15) is 8.42 Å². The molecule has 1 fully saturated rings. The summed E-state index contributed by atoms with van der Waals surface area (Å²) in [5, 5.41) is 10.1. The predicted molar refractivity (Wildman–Crippen MR) is 118 cm³/mol. The average molecular weight is 500 g/mol. The smallest absolute Gasteiger partial charge is 0.191 e. The van der Waals surface area contributed by atoms with Gasteiger partial charge in [0.25, 0.3) is 0 Å². The summed E-state index contributed by atoms with van der Waals surface area (Å²) in [4.78, 5) is 6.83. The third-order valence-electron chi connectivity index (χ3n) is 4.11. The van der Waals surface area contributed by atoms with Crippen LogP contribution in [0.25, 0.3) is 0 Å². The van der Waals surface area contributed by atoms with Crippen molar-refractivity contribution < 1.29 is 8.42 Å². The van der Waals surface area contributed by atoms with Gasteiger partial charge in [0.05, 0.1) is 17.3 Å². The first-order valence-corrected chi connectivity index (χ1v) is 11.3. The monoisotopic (exact) mass is 500 g/mol. The molecule has 0 spiro atoms. The summed E-state index contributed by atoms with van der Waals surface area (Å²) >= 11 is 1.78. The van der Waals surface area contributed by atoms with Crippen LogP contribution in [0.3, 0.4) is 0 Å². The minimum absolute atomic E-state index is 0. The molecular formula is C16H29IN4O2S2. The number of guanidine groups is 1. The number of halogens is 1. The van der Waals surface area contributed by atoms with Gasteiger partial charge in [0.15, 0.2) is 15.8 Å². The largest absolute Gasteiger partial charge is 0.363 e. The molecule has 0 aromatic carbocycles. The molecule has 2 heterocycles. The first-order chi connectivity index (χ1) is 11.5. The normalized spacial score (nSPS) is 16.4. The molecule has 2 N–H and O–H groups in total. The van der Waals surface area contributed by atoms with E-state index in [2.05, 4.69) is 38.0 Å². The van der Waals surface area contributed by atoms with Crippen molar-refractivity contribution in [2.45, 2.75) is 32.7 Å². The third-order valence-corrected chi connectivity index (χ3v) is 6.72. The molecule has 0 saturated carbocycles. The van der Waals surface area contributed by atoms with Gasteiger partial charge in [0.1, 0.15) is 0 Å². The van der Waals surface area contributed by atoms with Crippen LogP contribution < -0.4 is 15.5 Å². The number of nitrogens with zero attached hydrogens (tertiary/aromatic N) is 2. The highest BCUT2D eigenvalue weighted by Crippen LogP contribution is 2.24. The highest BCUT2D eigenvalue weighted by Gasteiger charge is 2.20. The maximum atomic E-state index is 11.6. The molecule has 1 saturated heterocycles. The number of rotatable bonds is 7. The Morgan fingerprint density at radius 2 is 2.08 bits per heavy atom. The van der Waals surface area contributed by atoms with Gasteiger partial charge in [-0.1, -0.05) is 6.92 Å². The van der Waals surface area contributed by atoms with E-state index in [1.807, 2.05) is 6.92 Å². The summed E-state index contributed by atoms with van der Waals surface area (Å²) in [6.45, 7) is 6.81. The Balaban J connectivity index is 0.00000312. The number of thiophene rings is 1. The lowest BCUT2D eigenvalue weighted by atomic mass is 10.1. The average Bonchev–Trinajstić information content (AvgIpc) is 3.10. The van der Waals surface area contributed by atoms with E-state index in [0.717, 1.165) is 38.4 Å². The van der Waals surface area contributed by atoms with E-state index >= 15 is 0 Å². The van der Waals surface area contributed by atoms with Crippen LogP contribution in [0.15, 0.2) is 22.5 Å². The van der Waals surface area contributed by atoms with E-state index in [1.54, 1.807) is 18.3 Å². The van der Waals surface area contributed by atoms with Crippen molar-refractivity contribution in [2.24, 2.45) is 4.99 Å². The van der Waals surface area contributed by atoms with Crippen molar-refractivity contribution >= 4 is 56.1 Å². The highest BCUT2D eigenvalue weighted by molar-refractivity contribution is 14.0. The van der Waals surface area contributed by atoms with Crippen molar-refractivity contribution in [1.29, 1.82) is 0 Å². The fourth-order valence-electron chi connectivity index (χ4n) is 2.65. The van der Waals surface area contributed by atoms with Gasteiger partial charge in [-0.2, -0.15) is 0 Å². The Bertz CT molecular complexity index is 612. The van der Waals surface area contributed by atoms with Gasteiger partial charge in [-0.3, -0.25) is 4.99 Å². The minimum Gasteiger partial charge on any atom is -0.363 e. The number of nitrogens with one attached hydrogen (secondary N) is 2. The maximum absolute atomic E-state index is 11.6. The van der Waals surface area contributed by atoms with E-state index < -0.39 is 9.84 Å². The summed E-state index contributed by atoms with van der Waals surface area (Å²) < 4.78 is 23.1. The zero-order valence-electron chi connectivity index (χ0n) is 14.9. The molecule has 0 unspecified atom stereocenters. The lowest BCUT2D eigenvalue weighted by Crippen LogP contribution is -2.48. The molecule has 0 amide bonds. The molecule has 1 aromatic rings. The van der Waals surface area contributed by atoms with Gasteiger partial charge >= 0.3 is 0 Å². The van der Waals surface area contributed by atoms with Gasteiger partial charge in [-0.05, 0) is 37.3 Å². The Kier molecular flexibility index (Phi) is 10.1. The summed E-state index contributed by atoms with van der Waals surface area (Å²) in [6, 6.07) is 4.63. The van der Waals surface area contributed by atoms with Gasteiger partial charge in [0.2, 0.25) is 0 Å². The van der Waals surface area contributed by atoms with Gasteiger partial charge in [-0.25, -0.2) is 8.42 Å². The van der Waals surface area contributed by atoms with Crippen LogP contribution in [0.4, 0.5) is 5.00 Å². The van der Waals surface area contributed by atoms with Crippen LogP contribution in [-0.2, 0) is 9.84 Å². The second kappa shape index (κ2) is 11.2. The Morgan fingerprint density at radius 1 is 1.36 bits per heavy atom. The molecule has 1 aliphatic rings. The molecule has 0 aliphatic carbocycles.